The fourth-order valence-electron chi connectivity index (χ4n) is 0.777. The van der Waals surface area contributed by atoms with Crippen molar-refractivity contribution in [1.82, 2.24) is 0 Å². The maximum Gasteiger partial charge on any atom is 0.491 e. The van der Waals surface area contributed by atoms with Gasteiger partial charge in [-0.2, -0.15) is 13.2 Å². The summed E-state index contributed by atoms with van der Waals surface area (Å²) in [6, 6.07) is 1.08. The third-order valence-corrected chi connectivity index (χ3v) is 2.31. The van der Waals surface area contributed by atoms with Crippen LogP contribution in [0.1, 0.15) is 9.67 Å². The summed E-state index contributed by atoms with van der Waals surface area (Å²) >= 11 is 0.816. The molecule has 0 bridgehead atoms. The van der Waals surface area contributed by atoms with E-state index in [0.717, 1.165) is 24.5 Å². The molecule has 0 unspecified atom stereocenters. The summed E-state index contributed by atoms with van der Waals surface area (Å²) < 4.78 is 43.9. The molecule has 88 valence electrons. The monoisotopic (exact) mass is 254 g/mol. The van der Waals surface area contributed by atoms with Crippen LogP contribution in [0.3, 0.4) is 0 Å². The lowest BCUT2D eigenvalue weighted by molar-refractivity contribution is -0.189. The van der Waals surface area contributed by atoms with E-state index >= 15 is 0 Å². The highest BCUT2D eigenvalue weighted by molar-refractivity contribution is 7.12. The van der Waals surface area contributed by atoms with E-state index in [-0.39, 0.29) is 4.88 Å². The minimum atomic E-state index is -5.10. The van der Waals surface area contributed by atoms with Gasteiger partial charge in [0.1, 0.15) is 0 Å². The molecular formula is C8H5F3O4S. The van der Waals surface area contributed by atoms with Crippen molar-refractivity contribution in [3.63, 3.8) is 0 Å². The third kappa shape index (κ3) is 2.72. The molecule has 0 aliphatic carbocycles. The Hall–Kier alpha value is -1.57. The van der Waals surface area contributed by atoms with Gasteiger partial charge in [-0.1, -0.05) is 0 Å². The molecule has 0 radical (unpaired) electrons. The minimum absolute atomic E-state index is 0.194. The summed E-state index contributed by atoms with van der Waals surface area (Å²) in [5, 5.41) is 1.31. The largest absolute Gasteiger partial charge is 0.491 e. The van der Waals surface area contributed by atoms with Crippen molar-refractivity contribution in [3.8, 4) is 5.75 Å². The van der Waals surface area contributed by atoms with Crippen LogP contribution in [0.5, 0.6) is 5.75 Å². The number of hydrogen-bond acceptors (Lipinski definition) is 5. The highest BCUT2D eigenvalue weighted by atomic mass is 32.1. The summed E-state index contributed by atoms with van der Waals surface area (Å²) in [4.78, 5) is 21.3. The Kier molecular flexibility index (Phi) is 3.53. The van der Waals surface area contributed by atoms with Gasteiger partial charge in [0.2, 0.25) is 0 Å². The number of halogens is 3. The van der Waals surface area contributed by atoms with Crippen LogP contribution in [-0.4, -0.2) is 25.2 Å². The summed E-state index contributed by atoms with van der Waals surface area (Å²) in [6.45, 7) is 0. The molecule has 0 aromatic carbocycles. The van der Waals surface area contributed by atoms with Gasteiger partial charge in [-0.05, 0) is 11.4 Å². The van der Waals surface area contributed by atoms with Crippen molar-refractivity contribution in [2.45, 2.75) is 6.18 Å². The number of alkyl halides is 3. The van der Waals surface area contributed by atoms with Crippen LogP contribution >= 0.6 is 11.3 Å². The van der Waals surface area contributed by atoms with Crippen molar-refractivity contribution in [1.29, 1.82) is 0 Å². The Morgan fingerprint density at radius 2 is 2.00 bits per heavy atom. The van der Waals surface area contributed by atoms with Gasteiger partial charge in [-0.3, -0.25) is 0 Å². The van der Waals surface area contributed by atoms with E-state index in [9.17, 15) is 22.8 Å². The van der Waals surface area contributed by atoms with Crippen LogP contribution in [0.15, 0.2) is 11.4 Å². The van der Waals surface area contributed by atoms with E-state index in [0.29, 0.717) is 0 Å². The Balaban J connectivity index is 2.87. The summed E-state index contributed by atoms with van der Waals surface area (Å²) in [7, 11) is 1.07. The molecule has 0 aliphatic rings. The topological polar surface area (TPSA) is 52.6 Å². The zero-order valence-corrected chi connectivity index (χ0v) is 8.65. The van der Waals surface area contributed by atoms with E-state index in [1.165, 1.54) is 5.38 Å². The number of esters is 2. The quantitative estimate of drug-likeness (QED) is 0.757. The van der Waals surface area contributed by atoms with Gasteiger partial charge >= 0.3 is 18.1 Å². The molecule has 0 saturated carbocycles. The highest BCUT2D eigenvalue weighted by Crippen LogP contribution is 2.28. The van der Waals surface area contributed by atoms with Crippen LogP contribution in [0.2, 0.25) is 0 Å². The zero-order valence-electron chi connectivity index (χ0n) is 7.83. The van der Waals surface area contributed by atoms with Gasteiger partial charge in [0.15, 0.2) is 10.6 Å². The van der Waals surface area contributed by atoms with Crippen molar-refractivity contribution in [2.75, 3.05) is 7.11 Å². The number of carbonyl (C=O) groups excluding carboxylic acids is 2. The molecule has 0 N–H and O–H groups in total. The number of rotatable bonds is 2. The molecule has 4 nitrogen and oxygen atoms in total. The predicted molar refractivity (Wildman–Crippen MR) is 47.3 cm³/mol. The zero-order chi connectivity index (χ0) is 12.3. The summed E-state index contributed by atoms with van der Waals surface area (Å²) in [6.07, 6.45) is -5.10. The molecule has 0 fully saturated rings. The molecule has 0 saturated heterocycles. The van der Waals surface area contributed by atoms with Crippen molar-refractivity contribution in [2.24, 2.45) is 0 Å². The molecule has 1 aromatic rings. The molecule has 0 amide bonds. The lowest BCUT2D eigenvalue weighted by atomic mass is 10.4. The maximum absolute atomic E-state index is 11.9. The molecule has 8 heteroatoms. The van der Waals surface area contributed by atoms with Crippen LogP contribution in [-0.2, 0) is 9.53 Å². The third-order valence-electron chi connectivity index (χ3n) is 1.43. The average Bonchev–Trinajstić information content (AvgIpc) is 2.63. The Morgan fingerprint density at radius 1 is 1.38 bits per heavy atom. The van der Waals surface area contributed by atoms with Crippen molar-refractivity contribution in [3.05, 3.63) is 16.3 Å². The Morgan fingerprint density at radius 3 is 2.50 bits per heavy atom. The highest BCUT2D eigenvalue weighted by Gasteiger charge is 2.42. The molecule has 1 heterocycles. The first-order valence-corrected chi connectivity index (χ1v) is 4.69. The second-order valence-electron chi connectivity index (χ2n) is 2.49. The first-order chi connectivity index (χ1) is 7.36. The Labute approximate surface area is 91.6 Å². The van der Waals surface area contributed by atoms with Gasteiger partial charge in [-0.25, -0.2) is 9.59 Å². The smallest absolute Gasteiger partial charge is 0.465 e. The molecule has 1 rings (SSSR count). The van der Waals surface area contributed by atoms with Crippen molar-refractivity contribution < 1.29 is 32.2 Å². The lowest BCUT2D eigenvalue weighted by Gasteiger charge is -2.06. The second kappa shape index (κ2) is 4.52. The Bertz CT molecular complexity index is 410. The lowest BCUT2D eigenvalue weighted by Crippen LogP contribution is -2.28. The van der Waals surface area contributed by atoms with Crippen LogP contribution in [0, 0.1) is 0 Å². The van der Waals surface area contributed by atoms with Gasteiger partial charge in [0.25, 0.3) is 0 Å². The first-order valence-electron chi connectivity index (χ1n) is 3.81. The number of thiophene rings is 1. The van der Waals surface area contributed by atoms with Gasteiger partial charge in [-0.15, -0.1) is 11.3 Å². The SMILES string of the molecule is COC(=O)c1sccc1OC(=O)C(F)(F)F. The van der Waals surface area contributed by atoms with Crippen LogP contribution in [0.4, 0.5) is 13.2 Å². The van der Waals surface area contributed by atoms with E-state index in [1.54, 1.807) is 0 Å². The molecule has 0 spiro atoms. The second-order valence-corrected chi connectivity index (χ2v) is 3.41. The van der Waals surface area contributed by atoms with E-state index < -0.39 is 23.9 Å². The van der Waals surface area contributed by atoms with E-state index in [1.807, 2.05) is 0 Å². The maximum atomic E-state index is 11.9. The molecule has 1 aromatic heterocycles. The molecule has 16 heavy (non-hydrogen) atoms. The van der Waals surface area contributed by atoms with Crippen LogP contribution in [0.25, 0.3) is 0 Å². The fourth-order valence-corrected chi connectivity index (χ4v) is 1.51. The summed E-state index contributed by atoms with van der Waals surface area (Å²) in [5.41, 5.74) is 0. The minimum Gasteiger partial charge on any atom is -0.465 e. The van der Waals surface area contributed by atoms with Crippen molar-refractivity contribution >= 4 is 23.3 Å². The van der Waals surface area contributed by atoms with Gasteiger partial charge in [0, 0.05) is 0 Å². The number of methoxy groups -OCH3 is 1. The number of carbonyl (C=O) groups is 2. The summed E-state index contributed by atoms with van der Waals surface area (Å²) in [5.74, 6) is -3.70. The van der Waals surface area contributed by atoms with E-state index in [4.69, 9.17) is 0 Å². The molecule has 0 aliphatic heterocycles. The predicted octanol–water partition coefficient (Wildman–Crippen LogP) is 2.00. The average molecular weight is 254 g/mol. The molecule has 0 atom stereocenters. The van der Waals surface area contributed by atoms with E-state index in [2.05, 4.69) is 9.47 Å². The molecular weight excluding hydrogens is 249 g/mol. The fraction of sp³-hybridized carbons (Fsp3) is 0.250. The number of ether oxygens (including phenoxy) is 2. The van der Waals surface area contributed by atoms with Gasteiger partial charge in [0.05, 0.1) is 7.11 Å². The standard InChI is InChI=1S/C8H5F3O4S/c1-14-6(12)5-4(2-3-16-5)15-7(13)8(9,10)11/h2-3H,1H3. The number of hydrogen-bond donors (Lipinski definition) is 0. The normalized spacial score (nSPS) is 11.0. The van der Waals surface area contributed by atoms with Crippen LogP contribution < -0.4 is 4.74 Å². The van der Waals surface area contributed by atoms with Gasteiger partial charge < -0.3 is 9.47 Å². The first kappa shape index (κ1) is 12.5.